The summed E-state index contributed by atoms with van der Waals surface area (Å²) < 4.78 is 23.9. The van der Waals surface area contributed by atoms with Crippen molar-refractivity contribution in [2.24, 2.45) is 5.92 Å². The molecular formula is C26H23FN2O6. The zero-order valence-electron chi connectivity index (χ0n) is 18.9. The maximum absolute atomic E-state index is 13.4. The molecule has 1 aliphatic rings. The minimum atomic E-state index is -0.456. The summed E-state index contributed by atoms with van der Waals surface area (Å²) in [6.07, 6.45) is 0.462. The summed E-state index contributed by atoms with van der Waals surface area (Å²) in [7, 11) is 1.31. The van der Waals surface area contributed by atoms with Gasteiger partial charge in [0, 0.05) is 24.2 Å². The zero-order chi connectivity index (χ0) is 24.9. The van der Waals surface area contributed by atoms with E-state index in [1.165, 1.54) is 31.4 Å². The van der Waals surface area contributed by atoms with Gasteiger partial charge in [0.25, 0.3) is 5.69 Å². The first-order chi connectivity index (χ1) is 16.9. The predicted molar refractivity (Wildman–Crippen MR) is 125 cm³/mol. The number of anilines is 1. The molecule has 1 saturated heterocycles. The number of benzene rings is 3. The van der Waals surface area contributed by atoms with Crippen LogP contribution in [0.15, 0.2) is 72.8 Å². The number of ether oxygens (including phenoxy) is 2. The molecule has 0 aromatic heterocycles. The van der Waals surface area contributed by atoms with E-state index in [1.807, 2.05) is 12.1 Å². The molecule has 180 valence electrons. The van der Waals surface area contributed by atoms with Gasteiger partial charge in [-0.3, -0.25) is 19.7 Å². The molecule has 0 bridgehead atoms. The van der Waals surface area contributed by atoms with Gasteiger partial charge in [-0.05, 0) is 66.1 Å². The van der Waals surface area contributed by atoms with Crippen LogP contribution in [0.1, 0.15) is 30.0 Å². The third-order valence-electron chi connectivity index (χ3n) is 5.98. The van der Waals surface area contributed by atoms with Crippen LogP contribution in [-0.4, -0.2) is 23.9 Å². The second-order valence-electron chi connectivity index (χ2n) is 8.13. The summed E-state index contributed by atoms with van der Waals surface area (Å²) in [5.74, 6) is -0.728. The fourth-order valence-corrected chi connectivity index (χ4v) is 4.12. The highest BCUT2D eigenvalue weighted by Crippen LogP contribution is 2.45. The summed E-state index contributed by atoms with van der Waals surface area (Å²) in [5.41, 5.74) is 2.23. The third kappa shape index (κ3) is 5.29. The Morgan fingerprint density at radius 1 is 1.03 bits per heavy atom. The predicted octanol–water partition coefficient (Wildman–Crippen LogP) is 4.97. The highest BCUT2D eigenvalue weighted by Gasteiger charge is 2.48. The number of nitrogens with zero attached hydrogens (tertiary/aromatic N) is 2. The van der Waals surface area contributed by atoms with E-state index in [-0.39, 0.29) is 36.6 Å². The van der Waals surface area contributed by atoms with Crippen molar-refractivity contribution in [2.45, 2.75) is 25.5 Å². The van der Waals surface area contributed by atoms with E-state index >= 15 is 0 Å². The molecular weight excluding hydrogens is 455 g/mol. The van der Waals surface area contributed by atoms with Crippen molar-refractivity contribution in [1.29, 1.82) is 0 Å². The Morgan fingerprint density at radius 3 is 2.29 bits per heavy atom. The Labute approximate surface area is 201 Å². The van der Waals surface area contributed by atoms with E-state index < -0.39 is 16.7 Å². The lowest BCUT2D eigenvalue weighted by molar-refractivity contribution is -0.384. The van der Waals surface area contributed by atoms with Crippen LogP contribution in [0.2, 0.25) is 0 Å². The van der Waals surface area contributed by atoms with Crippen molar-refractivity contribution in [3.05, 3.63) is 99.9 Å². The van der Waals surface area contributed by atoms with E-state index in [1.54, 1.807) is 41.3 Å². The maximum Gasteiger partial charge on any atom is 0.305 e. The molecule has 9 heteroatoms. The highest BCUT2D eigenvalue weighted by atomic mass is 19.1. The van der Waals surface area contributed by atoms with Crippen molar-refractivity contribution < 1.29 is 28.4 Å². The lowest BCUT2D eigenvalue weighted by Crippen LogP contribution is -2.55. The van der Waals surface area contributed by atoms with E-state index in [9.17, 15) is 24.1 Å². The summed E-state index contributed by atoms with van der Waals surface area (Å²) in [6.45, 7) is 0.239. The summed E-state index contributed by atoms with van der Waals surface area (Å²) in [5, 5.41) is 10.8. The maximum atomic E-state index is 13.4. The van der Waals surface area contributed by atoms with Crippen LogP contribution in [0.4, 0.5) is 15.8 Å². The molecule has 1 fully saturated rings. The molecule has 0 spiro atoms. The molecule has 0 radical (unpaired) electrons. The molecule has 0 aliphatic carbocycles. The third-order valence-corrected chi connectivity index (χ3v) is 5.98. The van der Waals surface area contributed by atoms with Crippen LogP contribution in [-0.2, 0) is 20.9 Å². The van der Waals surface area contributed by atoms with Crippen LogP contribution in [0.3, 0.4) is 0 Å². The van der Waals surface area contributed by atoms with Gasteiger partial charge < -0.3 is 14.4 Å². The number of nitro benzene ring substituents is 1. The number of carbonyl (C=O) groups is 2. The minimum Gasteiger partial charge on any atom is -0.489 e. The normalized spacial score (nSPS) is 17.0. The molecule has 1 heterocycles. The molecule has 1 aliphatic heterocycles. The van der Waals surface area contributed by atoms with Crippen LogP contribution >= 0.6 is 0 Å². The molecule has 3 aromatic rings. The van der Waals surface area contributed by atoms with Crippen LogP contribution in [0, 0.1) is 21.8 Å². The number of halogens is 1. The fraction of sp³-hybridized carbons (Fsp3) is 0.231. The summed E-state index contributed by atoms with van der Waals surface area (Å²) in [6, 6.07) is 18.8. The Bertz CT molecular complexity index is 1210. The highest BCUT2D eigenvalue weighted by molar-refractivity contribution is 6.03. The smallest absolute Gasteiger partial charge is 0.305 e. The average Bonchev–Trinajstić information content (AvgIpc) is 2.87. The zero-order valence-corrected chi connectivity index (χ0v) is 18.9. The van der Waals surface area contributed by atoms with Gasteiger partial charge in [0.1, 0.15) is 18.2 Å². The van der Waals surface area contributed by atoms with Gasteiger partial charge in [-0.2, -0.15) is 0 Å². The molecule has 1 amide bonds. The van der Waals surface area contributed by atoms with Gasteiger partial charge in [0.15, 0.2) is 0 Å². The SMILES string of the molecule is COC(=O)CCC1C(=O)N(c2ccc(F)cc2)C1c1ccc(OCc2ccc([N+](=O)[O-])cc2)cc1. The molecule has 2 unspecified atom stereocenters. The molecule has 8 nitrogen and oxygen atoms in total. The van der Waals surface area contributed by atoms with Crippen LogP contribution < -0.4 is 9.64 Å². The van der Waals surface area contributed by atoms with E-state index in [0.29, 0.717) is 17.9 Å². The van der Waals surface area contributed by atoms with Gasteiger partial charge in [-0.1, -0.05) is 12.1 Å². The van der Waals surface area contributed by atoms with E-state index in [0.717, 1.165) is 11.1 Å². The number of rotatable bonds is 9. The molecule has 0 N–H and O–H groups in total. The topological polar surface area (TPSA) is 99.0 Å². The number of nitro groups is 1. The number of methoxy groups -OCH3 is 1. The minimum absolute atomic E-state index is 0.0145. The van der Waals surface area contributed by atoms with Gasteiger partial charge in [-0.25, -0.2) is 4.39 Å². The Hall–Kier alpha value is -4.27. The summed E-state index contributed by atoms with van der Waals surface area (Å²) in [4.78, 5) is 36.5. The second-order valence-corrected chi connectivity index (χ2v) is 8.13. The number of β-lactam (4-membered cyclic amide) rings is 1. The lowest BCUT2D eigenvalue weighted by atomic mass is 9.79. The first kappa shape index (κ1) is 23.9. The molecule has 4 rings (SSSR count). The number of esters is 1. The average molecular weight is 478 g/mol. The number of carbonyl (C=O) groups excluding carboxylic acids is 2. The van der Waals surface area contributed by atoms with Crippen molar-refractivity contribution >= 4 is 23.3 Å². The van der Waals surface area contributed by atoms with E-state index in [2.05, 4.69) is 0 Å². The molecule has 3 aromatic carbocycles. The van der Waals surface area contributed by atoms with Crippen molar-refractivity contribution in [2.75, 3.05) is 12.0 Å². The van der Waals surface area contributed by atoms with E-state index in [4.69, 9.17) is 9.47 Å². The van der Waals surface area contributed by atoms with Gasteiger partial charge in [0.2, 0.25) is 5.91 Å². The number of hydrogen-bond acceptors (Lipinski definition) is 6. The van der Waals surface area contributed by atoms with Gasteiger partial charge in [-0.15, -0.1) is 0 Å². The monoisotopic (exact) mass is 478 g/mol. The Balaban J connectivity index is 1.49. The number of hydrogen-bond donors (Lipinski definition) is 0. The second kappa shape index (κ2) is 10.3. The lowest BCUT2D eigenvalue weighted by Gasteiger charge is -2.47. The van der Waals surface area contributed by atoms with Gasteiger partial charge >= 0.3 is 5.97 Å². The molecule has 0 saturated carbocycles. The van der Waals surface area contributed by atoms with Crippen LogP contribution in [0.25, 0.3) is 0 Å². The number of non-ortho nitro benzene ring substituents is 1. The molecule has 2 atom stereocenters. The number of amides is 1. The fourth-order valence-electron chi connectivity index (χ4n) is 4.12. The van der Waals surface area contributed by atoms with Crippen molar-refractivity contribution in [3.8, 4) is 5.75 Å². The largest absolute Gasteiger partial charge is 0.489 e. The quantitative estimate of drug-likeness (QED) is 0.186. The Kier molecular flexibility index (Phi) is 7.05. The van der Waals surface area contributed by atoms with Crippen molar-refractivity contribution in [1.82, 2.24) is 0 Å². The van der Waals surface area contributed by atoms with Crippen molar-refractivity contribution in [3.63, 3.8) is 0 Å². The first-order valence-electron chi connectivity index (χ1n) is 11.0. The van der Waals surface area contributed by atoms with Gasteiger partial charge in [0.05, 0.1) is 24.0 Å². The Morgan fingerprint density at radius 2 is 1.69 bits per heavy atom. The summed E-state index contributed by atoms with van der Waals surface area (Å²) >= 11 is 0. The first-order valence-corrected chi connectivity index (χ1v) is 11.0. The van der Waals surface area contributed by atoms with Crippen LogP contribution in [0.5, 0.6) is 5.75 Å². The molecule has 35 heavy (non-hydrogen) atoms. The standard InChI is InChI=1S/C26H23FN2O6/c1-34-24(30)15-14-23-25(28(26(23)31)20-10-6-19(27)7-11-20)18-4-12-22(13-5-18)35-16-17-2-8-21(9-3-17)29(32)33/h2-13,23,25H,14-16H2,1H3.